The van der Waals surface area contributed by atoms with Crippen molar-refractivity contribution in [1.29, 1.82) is 0 Å². The maximum absolute atomic E-state index is 12.6. The minimum Gasteiger partial charge on any atom is -0.305 e. The van der Waals surface area contributed by atoms with Gasteiger partial charge >= 0.3 is 0 Å². The lowest BCUT2D eigenvalue weighted by atomic mass is 9.91. The van der Waals surface area contributed by atoms with Crippen molar-refractivity contribution < 1.29 is 8.42 Å². The fourth-order valence-electron chi connectivity index (χ4n) is 2.82. The molecule has 0 saturated carbocycles. The Bertz CT molecular complexity index is 527. The smallest absolute Gasteiger partial charge is 0.244 e. The standard InChI is InChI=1S/C14H23N3O2S/c1-11(2)13-9-17(10-14(13)16(3)4)20(18,19)12-6-5-7-15-8-12/h5-8,11,13-14H,9-10H2,1-4H3/t13-,14+/m1/s1. The van der Waals surface area contributed by atoms with Crippen LogP contribution in [0, 0.1) is 11.8 Å². The average Bonchev–Trinajstić information content (AvgIpc) is 2.85. The number of hydrogen-bond acceptors (Lipinski definition) is 4. The van der Waals surface area contributed by atoms with Gasteiger partial charge in [-0.2, -0.15) is 4.31 Å². The van der Waals surface area contributed by atoms with E-state index in [1.165, 1.54) is 6.20 Å². The van der Waals surface area contributed by atoms with Gasteiger partial charge < -0.3 is 4.90 Å². The number of aromatic nitrogens is 1. The summed E-state index contributed by atoms with van der Waals surface area (Å²) in [6.07, 6.45) is 3.01. The van der Waals surface area contributed by atoms with Gasteiger partial charge in [0.2, 0.25) is 10.0 Å². The van der Waals surface area contributed by atoms with E-state index in [-0.39, 0.29) is 10.9 Å². The molecule has 0 aliphatic carbocycles. The Hall–Kier alpha value is -0.980. The maximum Gasteiger partial charge on any atom is 0.244 e. The normalized spacial score (nSPS) is 24.7. The predicted octanol–water partition coefficient (Wildman–Crippen LogP) is 1.29. The van der Waals surface area contributed by atoms with E-state index in [0.717, 1.165) is 0 Å². The molecular formula is C14H23N3O2S. The topological polar surface area (TPSA) is 53.5 Å². The molecular weight excluding hydrogens is 274 g/mol. The highest BCUT2D eigenvalue weighted by molar-refractivity contribution is 7.89. The molecule has 6 heteroatoms. The molecule has 0 amide bonds. The Balaban J connectivity index is 2.27. The van der Waals surface area contributed by atoms with Crippen LogP contribution in [0.15, 0.2) is 29.4 Å². The molecule has 1 aliphatic heterocycles. The molecule has 1 aliphatic rings. The molecule has 0 spiro atoms. The molecule has 1 aromatic heterocycles. The van der Waals surface area contributed by atoms with Crippen LogP contribution in [0.3, 0.4) is 0 Å². The zero-order chi connectivity index (χ0) is 14.9. The molecule has 1 aromatic rings. The van der Waals surface area contributed by atoms with Crippen molar-refractivity contribution in [3.63, 3.8) is 0 Å². The number of sulfonamides is 1. The van der Waals surface area contributed by atoms with Gasteiger partial charge in [0, 0.05) is 31.5 Å². The Labute approximate surface area is 121 Å². The molecule has 0 radical (unpaired) electrons. The van der Waals surface area contributed by atoms with Gasteiger partial charge in [0.25, 0.3) is 0 Å². The second-order valence-electron chi connectivity index (χ2n) is 5.95. The molecule has 20 heavy (non-hydrogen) atoms. The molecule has 112 valence electrons. The van der Waals surface area contributed by atoms with Crippen LogP contribution in [0.2, 0.25) is 0 Å². The first-order chi connectivity index (χ1) is 9.34. The van der Waals surface area contributed by atoms with Crippen LogP contribution in [0.4, 0.5) is 0 Å². The van der Waals surface area contributed by atoms with Gasteiger partial charge in [-0.25, -0.2) is 8.42 Å². The molecule has 0 unspecified atom stereocenters. The lowest BCUT2D eigenvalue weighted by molar-refractivity contribution is 0.216. The van der Waals surface area contributed by atoms with E-state index < -0.39 is 10.0 Å². The summed E-state index contributed by atoms with van der Waals surface area (Å²) in [5.41, 5.74) is 0. The Kier molecular flexibility index (Phi) is 4.46. The summed E-state index contributed by atoms with van der Waals surface area (Å²) < 4.78 is 26.9. The number of likely N-dealkylation sites (N-methyl/N-ethyl adjacent to an activating group) is 1. The summed E-state index contributed by atoms with van der Waals surface area (Å²) in [6, 6.07) is 3.53. The summed E-state index contributed by atoms with van der Waals surface area (Å²) in [4.78, 5) is 6.32. The van der Waals surface area contributed by atoms with Crippen LogP contribution in [0.25, 0.3) is 0 Å². The van der Waals surface area contributed by atoms with Gasteiger partial charge in [0.1, 0.15) is 4.90 Å². The lowest BCUT2D eigenvalue weighted by Crippen LogP contribution is -2.37. The zero-order valence-corrected chi connectivity index (χ0v) is 13.3. The summed E-state index contributed by atoms with van der Waals surface area (Å²) in [7, 11) is 0.601. The second-order valence-corrected chi connectivity index (χ2v) is 7.89. The maximum atomic E-state index is 12.6. The highest BCUT2D eigenvalue weighted by Crippen LogP contribution is 2.30. The average molecular weight is 297 g/mol. The van der Waals surface area contributed by atoms with E-state index >= 15 is 0 Å². The van der Waals surface area contributed by atoms with Gasteiger partial charge in [0.15, 0.2) is 0 Å². The molecule has 0 N–H and O–H groups in total. The summed E-state index contributed by atoms with van der Waals surface area (Å²) in [6.45, 7) is 5.44. The van der Waals surface area contributed by atoms with Gasteiger partial charge in [-0.1, -0.05) is 13.8 Å². The van der Waals surface area contributed by atoms with Crippen molar-refractivity contribution in [1.82, 2.24) is 14.2 Å². The number of nitrogens with zero attached hydrogens (tertiary/aromatic N) is 3. The number of hydrogen-bond donors (Lipinski definition) is 0. The molecule has 5 nitrogen and oxygen atoms in total. The van der Waals surface area contributed by atoms with Crippen molar-refractivity contribution in [3.8, 4) is 0 Å². The molecule has 1 saturated heterocycles. The third-order valence-electron chi connectivity index (χ3n) is 4.09. The Morgan fingerprint density at radius 3 is 2.50 bits per heavy atom. The van der Waals surface area contributed by atoms with Crippen molar-refractivity contribution in [2.75, 3.05) is 27.2 Å². The van der Waals surface area contributed by atoms with Crippen LogP contribution >= 0.6 is 0 Å². The molecule has 2 atom stereocenters. The zero-order valence-electron chi connectivity index (χ0n) is 12.5. The SMILES string of the molecule is CC(C)[C@H]1CN(S(=O)(=O)c2cccnc2)C[C@@H]1N(C)C. The fourth-order valence-corrected chi connectivity index (χ4v) is 4.28. The molecule has 0 aromatic carbocycles. The highest BCUT2D eigenvalue weighted by atomic mass is 32.2. The summed E-state index contributed by atoms with van der Waals surface area (Å²) in [5.74, 6) is 0.813. The van der Waals surface area contributed by atoms with Crippen LogP contribution < -0.4 is 0 Å². The first kappa shape index (κ1) is 15.4. The largest absolute Gasteiger partial charge is 0.305 e. The van der Waals surface area contributed by atoms with Gasteiger partial charge in [-0.05, 0) is 38.1 Å². The van der Waals surface area contributed by atoms with Crippen molar-refractivity contribution in [2.24, 2.45) is 11.8 Å². The van der Waals surface area contributed by atoms with Crippen molar-refractivity contribution in [3.05, 3.63) is 24.5 Å². The monoisotopic (exact) mass is 297 g/mol. The van der Waals surface area contributed by atoms with Crippen LogP contribution in [-0.4, -0.2) is 55.8 Å². The Morgan fingerprint density at radius 2 is 2.05 bits per heavy atom. The highest BCUT2D eigenvalue weighted by Gasteiger charge is 2.41. The fraction of sp³-hybridized carbons (Fsp3) is 0.643. The molecule has 1 fully saturated rings. The lowest BCUT2D eigenvalue weighted by Gasteiger charge is -2.27. The minimum absolute atomic E-state index is 0.265. The van der Waals surface area contributed by atoms with E-state index in [1.807, 2.05) is 14.1 Å². The van der Waals surface area contributed by atoms with Crippen molar-refractivity contribution >= 4 is 10.0 Å². The first-order valence-corrected chi connectivity index (χ1v) is 8.34. The predicted molar refractivity (Wildman–Crippen MR) is 78.8 cm³/mol. The van der Waals surface area contributed by atoms with E-state index in [0.29, 0.717) is 24.9 Å². The van der Waals surface area contributed by atoms with E-state index in [2.05, 4.69) is 23.7 Å². The van der Waals surface area contributed by atoms with Gasteiger partial charge in [-0.15, -0.1) is 0 Å². The Morgan fingerprint density at radius 1 is 1.35 bits per heavy atom. The molecule has 2 rings (SSSR count). The van der Waals surface area contributed by atoms with E-state index in [4.69, 9.17) is 0 Å². The van der Waals surface area contributed by atoms with Crippen molar-refractivity contribution in [2.45, 2.75) is 24.8 Å². The van der Waals surface area contributed by atoms with E-state index in [9.17, 15) is 8.42 Å². The minimum atomic E-state index is -3.43. The first-order valence-electron chi connectivity index (χ1n) is 6.90. The molecule has 2 heterocycles. The second kappa shape index (κ2) is 5.79. The summed E-state index contributed by atoms with van der Waals surface area (Å²) >= 11 is 0. The van der Waals surface area contributed by atoms with Gasteiger partial charge in [0.05, 0.1) is 0 Å². The van der Waals surface area contributed by atoms with Crippen LogP contribution in [0.5, 0.6) is 0 Å². The summed E-state index contributed by atoms with van der Waals surface area (Å²) in [5, 5.41) is 0. The van der Waals surface area contributed by atoms with Crippen LogP contribution in [-0.2, 0) is 10.0 Å². The van der Waals surface area contributed by atoms with Gasteiger partial charge in [-0.3, -0.25) is 4.98 Å². The number of rotatable bonds is 4. The number of pyridine rings is 1. The third kappa shape index (κ3) is 2.87. The van der Waals surface area contributed by atoms with E-state index in [1.54, 1.807) is 22.6 Å². The quantitative estimate of drug-likeness (QED) is 0.840. The van der Waals surface area contributed by atoms with Crippen LogP contribution in [0.1, 0.15) is 13.8 Å². The molecule has 0 bridgehead atoms. The third-order valence-corrected chi connectivity index (χ3v) is 5.91.